The van der Waals surface area contributed by atoms with E-state index < -0.39 is 0 Å². The predicted molar refractivity (Wildman–Crippen MR) is 67.8 cm³/mol. The molecule has 1 fully saturated rings. The highest BCUT2D eigenvalue weighted by Crippen LogP contribution is 2.27. The first kappa shape index (κ1) is 10.2. The number of para-hydroxylation sites is 1. The third-order valence-electron chi connectivity index (χ3n) is 3.39. The number of benzene rings is 1. The van der Waals surface area contributed by atoms with Gasteiger partial charge in [0.25, 0.3) is 0 Å². The fourth-order valence-electron chi connectivity index (χ4n) is 2.14. The van der Waals surface area contributed by atoms with Crippen LogP contribution in [0.1, 0.15) is 25.0 Å². The maximum Gasteiger partial charge on any atom is 0.0705 e. The van der Waals surface area contributed by atoms with E-state index >= 15 is 0 Å². The Morgan fingerprint density at radius 2 is 2.12 bits per heavy atom. The highest BCUT2D eigenvalue weighted by molar-refractivity contribution is 6.36. The summed E-state index contributed by atoms with van der Waals surface area (Å²) in [5.41, 5.74) is 2.23. The van der Waals surface area contributed by atoms with E-state index in [0.717, 1.165) is 28.2 Å². The molecule has 0 radical (unpaired) electrons. The summed E-state index contributed by atoms with van der Waals surface area (Å²) in [5.74, 6) is 0. The zero-order valence-electron chi connectivity index (χ0n) is 9.09. The van der Waals surface area contributed by atoms with Gasteiger partial charge in [0, 0.05) is 29.2 Å². The highest BCUT2D eigenvalue weighted by Gasteiger charge is 2.17. The molecule has 3 heteroatoms. The Kier molecular flexibility index (Phi) is 2.62. The van der Waals surface area contributed by atoms with Gasteiger partial charge < -0.3 is 10.3 Å². The lowest BCUT2D eigenvalue weighted by Crippen LogP contribution is -2.34. The van der Waals surface area contributed by atoms with Gasteiger partial charge >= 0.3 is 0 Å². The van der Waals surface area contributed by atoms with Crippen molar-refractivity contribution in [3.63, 3.8) is 0 Å². The van der Waals surface area contributed by atoms with Crippen molar-refractivity contribution in [1.29, 1.82) is 0 Å². The Labute approximate surface area is 100.0 Å². The summed E-state index contributed by atoms with van der Waals surface area (Å²) in [6.07, 6.45) is 3.97. The van der Waals surface area contributed by atoms with Crippen molar-refractivity contribution in [2.75, 3.05) is 0 Å². The lowest BCUT2D eigenvalue weighted by molar-refractivity contribution is 0.337. The van der Waals surface area contributed by atoms with Crippen molar-refractivity contribution in [2.24, 2.45) is 0 Å². The van der Waals surface area contributed by atoms with Gasteiger partial charge in [0.15, 0.2) is 0 Å². The van der Waals surface area contributed by atoms with Crippen molar-refractivity contribution in [1.82, 2.24) is 10.3 Å². The Bertz CT molecular complexity index is 500. The van der Waals surface area contributed by atoms with Crippen LogP contribution in [0, 0.1) is 0 Å². The van der Waals surface area contributed by atoms with Gasteiger partial charge in [-0.1, -0.05) is 36.2 Å². The first-order valence-electron chi connectivity index (χ1n) is 5.83. The van der Waals surface area contributed by atoms with Crippen LogP contribution in [0.3, 0.4) is 0 Å². The molecule has 0 aliphatic heterocycles. The van der Waals surface area contributed by atoms with Gasteiger partial charge in [0.05, 0.1) is 5.02 Å². The summed E-state index contributed by atoms with van der Waals surface area (Å²) in [7, 11) is 0. The SMILES string of the molecule is Clc1c(CNC2CCC2)[nH]c2ccccc12. The van der Waals surface area contributed by atoms with Crippen molar-refractivity contribution in [2.45, 2.75) is 31.8 Å². The number of hydrogen-bond donors (Lipinski definition) is 2. The van der Waals surface area contributed by atoms with Crippen molar-refractivity contribution < 1.29 is 0 Å². The standard InChI is InChI=1S/C13H15ClN2/c14-13-10-6-1-2-7-11(10)16-12(13)8-15-9-4-3-5-9/h1-2,6-7,9,15-16H,3-5,8H2. The van der Waals surface area contributed by atoms with E-state index in [1.165, 1.54) is 19.3 Å². The molecule has 1 aliphatic rings. The minimum atomic E-state index is 0.697. The molecule has 2 aromatic rings. The summed E-state index contributed by atoms with van der Waals surface area (Å²) in [6, 6.07) is 8.86. The van der Waals surface area contributed by atoms with Crippen LogP contribution >= 0.6 is 11.6 Å². The molecule has 1 aromatic carbocycles. The summed E-state index contributed by atoms with van der Waals surface area (Å²) in [4.78, 5) is 3.37. The van der Waals surface area contributed by atoms with E-state index in [0.29, 0.717) is 6.04 Å². The van der Waals surface area contributed by atoms with Crippen LogP contribution in [0.5, 0.6) is 0 Å². The number of fused-ring (bicyclic) bond motifs is 1. The van der Waals surface area contributed by atoms with Crippen molar-refractivity contribution in [3.8, 4) is 0 Å². The molecule has 1 heterocycles. The molecule has 1 aliphatic carbocycles. The molecular weight excluding hydrogens is 220 g/mol. The van der Waals surface area contributed by atoms with E-state index in [2.05, 4.69) is 22.4 Å². The quantitative estimate of drug-likeness (QED) is 0.837. The average molecular weight is 235 g/mol. The molecule has 1 aromatic heterocycles. The molecule has 1 saturated carbocycles. The Morgan fingerprint density at radius 1 is 1.31 bits per heavy atom. The van der Waals surface area contributed by atoms with E-state index in [4.69, 9.17) is 11.6 Å². The molecule has 3 rings (SSSR count). The molecule has 84 valence electrons. The molecule has 2 nitrogen and oxygen atoms in total. The topological polar surface area (TPSA) is 27.8 Å². The monoisotopic (exact) mass is 234 g/mol. The Hall–Kier alpha value is -0.990. The van der Waals surface area contributed by atoms with Gasteiger partial charge in [0.1, 0.15) is 0 Å². The zero-order valence-corrected chi connectivity index (χ0v) is 9.85. The predicted octanol–water partition coefficient (Wildman–Crippen LogP) is 3.46. The van der Waals surface area contributed by atoms with Gasteiger partial charge in [-0.3, -0.25) is 0 Å². The molecule has 2 N–H and O–H groups in total. The number of aromatic amines is 1. The fraction of sp³-hybridized carbons (Fsp3) is 0.385. The molecule has 0 saturated heterocycles. The largest absolute Gasteiger partial charge is 0.356 e. The number of rotatable bonds is 3. The van der Waals surface area contributed by atoms with Crippen LogP contribution < -0.4 is 5.32 Å². The smallest absolute Gasteiger partial charge is 0.0705 e. The molecule has 0 unspecified atom stereocenters. The first-order chi connectivity index (χ1) is 7.84. The van der Waals surface area contributed by atoms with Crippen LogP contribution in [0.2, 0.25) is 5.02 Å². The third-order valence-corrected chi connectivity index (χ3v) is 3.82. The van der Waals surface area contributed by atoms with E-state index in [9.17, 15) is 0 Å². The van der Waals surface area contributed by atoms with Gasteiger partial charge in [-0.2, -0.15) is 0 Å². The number of aromatic nitrogens is 1. The van der Waals surface area contributed by atoms with Crippen LogP contribution in [0.15, 0.2) is 24.3 Å². The minimum absolute atomic E-state index is 0.697. The summed E-state index contributed by atoms with van der Waals surface area (Å²) < 4.78 is 0. The number of nitrogens with one attached hydrogen (secondary N) is 2. The number of H-pyrrole nitrogens is 1. The second kappa shape index (κ2) is 4.11. The van der Waals surface area contributed by atoms with Crippen LogP contribution in [0.25, 0.3) is 10.9 Å². The minimum Gasteiger partial charge on any atom is -0.356 e. The second-order valence-electron chi connectivity index (χ2n) is 4.47. The lowest BCUT2D eigenvalue weighted by Gasteiger charge is -2.26. The molecular formula is C13H15ClN2. The van der Waals surface area contributed by atoms with Crippen molar-refractivity contribution >= 4 is 22.5 Å². The maximum atomic E-state index is 6.33. The lowest BCUT2D eigenvalue weighted by atomic mass is 9.93. The average Bonchev–Trinajstić information content (AvgIpc) is 2.55. The van der Waals surface area contributed by atoms with Crippen LogP contribution in [-0.4, -0.2) is 11.0 Å². The molecule has 0 atom stereocenters. The van der Waals surface area contributed by atoms with Gasteiger partial charge in [-0.05, 0) is 18.9 Å². The zero-order chi connectivity index (χ0) is 11.0. The van der Waals surface area contributed by atoms with Gasteiger partial charge in [-0.15, -0.1) is 0 Å². The van der Waals surface area contributed by atoms with Gasteiger partial charge in [-0.25, -0.2) is 0 Å². The Morgan fingerprint density at radius 3 is 2.81 bits per heavy atom. The third kappa shape index (κ3) is 1.72. The van der Waals surface area contributed by atoms with Crippen LogP contribution in [0.4, 0.5) is 0 Å². The number of halogens is 1. The second-order valence-corrected chi connectivity index (χ2v) is 4.85. The summed E-state index contributed by atoms with van der Waals surface area (Å²) in [5, 5.41) is 5.50. The molecule has 0 bridgehead atoms. The number of hydrogen-bond acceptors (Lipinski definition) is 1. The molecule has 16 heavy (non-hydrogen) atoms. The summed E-state index contributed by atoms with van der Waals surface area (Å²) in [6.45, 7) is 0.845. The normalized spacial score (nSPS) is 16.6. The highest BCUT2D eigenvalue weighted by atomic mass is 35.5. The first-order valence-corrected chi connectivity index (χ1v) is 6.21. The maximum absolute atomic E-state index is 6.33. The van der Waals surface area contributed by atoms with Crippen molar-refractivity contribution in [3.05, 3.63) is 35.0 Å². The van der Waals surface area contributed by atoms with E-state index in [1.54, 1.807) is 0 Å². The molecule has 0 amide bonds. The fourth-order valence-corrected chi connectivity index (χ4v) is 2.42. The Balaban J connectivity index is 1.82. The van der Waals surface area contributed by atoms with Crippen LogP contribution in [-0.2, 0) is 6.54 Å². The van der Waals surface area contributed by atoms with E-state index in [-0.39, 0.29) is 0 Å². The van der Waals surface area contributed by atoms with E-state index in [1.807, 2.05) is 12.1 Å². The summed E-state index contributed by atoms with van der Waals surface area (Å²) >= 11 is 6.33. The van der Waals surface area contributed by atoms with Gasteiger partial charge in [0.2, 0.25) is 0 Å². The molecule has 0 spiro atoms.